The molecule has 110 valence electrons. The van der Waals surface area contributed by atoms with Crippen LogP contribution in [0.5, 0.6) is 0 Å². The summed E-state index contributed by atoms with van der Waals surface area (Å²) in [7, 11) is 1.92. The van der Waals surface area contributed by atoms with Crippen molar-refractivity contribution in [3.63, 3.8) is 0 Å². The first kappa shape index (κ1) is 15.5. The Labute approximate surface area is 129 Å². The van der Waals surface area contributed by atoms with Gasteiger partial charge in [-0.15, -0.1) is 0 Å². The summed E-state index contributed by atoms with van der Waals surface area (Å²) in [5, 5.41) is 3.50. The Hall–Kier alpha value is -1.91. The molecule has 0 aliphatic rings. The molecule has 0 spiro atoms. The van der Waals surface area contributed by atoms with Gasteiger partial charge in [0.2, 0.25) is 5.91 Å². The highest BCUT2D eigenvalue weighted by Crippen LogP contribution is 2.13. The number of hydrogen-bond acceptors (Lipinski definition) is 3. The van der Waals surface area contributed by atoms with Gasteiger partial charge >= 0.3 is 0 Å². The Balaban J connectivity index is 1.75. The normalized spacial score (nSPS) is 10.6. The number of likely N-dealkylation sites (N-methyl/N-ethyl adjacent to an activating group) is 1. The molecule has 1 aromatic heterocycles. The minimum atomic E-state index is -0.0409. The number of nitrogens with zero attached hydrogens (tertiary/aromatic N) is 2. The average Bonchev–Trinajstić information content (AvgIpc) is 2.48. The summed E-state index contributed by atoms with van der Waals surface area (Å²) in [6.07, 6.45) is 2.61. The molecule has 0 saturated carbocycles. The Morgan fingerprint density at radius 2 is 2.00 bits per heavy atom. The molecule has 0 atom stereocenters. The smallest absolute Gasteiger partial charge is 0.238 e. The van der Waals surface area contributed by atoms with Gasteiger partial charge in [-0.25, -0.2) is 0 Å². The summed E-state index contributed by atoms with van der Waals surface area (Å²) in [4.78, 5) is 18.2. The second kappa shape index (κ2) is 7.76. The number of amides is 1. The maximum atomic E-state index is 11.9. The molecule has 2 rings (SSSR count). The van der Waals surface area contributed by atoms with Gasteiger partial charge in [-0.05, 0) is 43.4 Å². The van der Waals surface area contributed by atoms with Crippen LogP contribution in [0.2, 0.25) is 5.02 Å². The van der Waals surface area contributed by atoms with Gasteiger partial charge in [-0.2, -0.15) is 0 Å². The maximum absolute atomic E-state index is 11.9. The molecule has 1 heterocycles. The Morgan fingerprint density at radius 3 is 2.67 bits per heavy atom. The molecule has 0 fully saturated rings. The molecule has 0 aliphatic carbocycles. The van der Waals surface area contributed by atoms with E-state index < -0.39 is 0 Å². The maximum Gasteiger partial charge on any atom is 0.238 e. The van der Waals surface area contributed by atoms with Crippen molar-refractivity contribution in [2.75, 3.05) is 25.5 Å². The lowest BCUT2D eigenvalue weighted by Crippen LogP contribution is -2.31. The van der Waals surface area contributed by atoms with E-state index in [9.17, 15) is 4.79 Å². The first-order valence-electron chi connectivity index (χ1n) is 6.77. The van der Waals surface area contributed by atoms with Gasteiger partial charge in [0.05, 0.1) is 6.54 Å². The molecule has 0 bridgehead atoms. The van der Waals surface area contributed by atoms with E-state index in [-0.39, 0.29) is 5.91 Å². The molecular weight excluding hydrogens is 286 g/mol. The van der Waals surface area contributed by atoms with Crippen molar-refractivity contribution in [2.24, 2.45) is 0 Å². The van der Waals surface area contributed by atoms with Gasteiger partial charge in [0, 0.05) is 35.6 Å². The largest absolute Gasteiger partial charge is 0.325 e. The molecule has 5 heteroatoms. The Kier molecular flexibility index (Phi) is 5.72. The molecule has 0 saturated heterocycles. The van der Waals surface area contributed by atoms with Crippen LogP contribution in [-0.4, -0.2) is 35.9 Å². The second-order valence-corrected chi connectivity index (χ2v) is 5.30. The van der Waals surface area contributed by atoms with Crippen LogP contribution in [0.25, 0.3) is 0 Å². The number of halogens is 1. The van der Waals surface area contributed by atoms with Crippen LogP contribution in [0, 0.1) is 0 Å². The van der Waals surface area contributed by atoms with Crippen LogP contribution in [0.15, 0.2) is 48.7 Å². The predicted molar refractivity (Wildman–Crippen MR) is 85.5 cm³/mol. The molecule has 21 heavy (non-hydrogen) atoms. The summed E-state index contributed by atoms with van der Waals surface area (Å²) in [6, 6.07) is 12.9. The van der Waals surface area contributed by atoms with E-state index in [4.69, 9.17) is 11.6 Å². The number of carbonyl (C=O) groups excluding carboxylic acids is 1. The van der Waals surface area contributed by atoms with Crippen LogP contribution < -0.4 is 5.32 Å². The summed E-state index contributed by atoms with van der Waals surface area (Å²) >= 11 is 5.81. The minimum absolute atomic E-state index is 0.0409. The monoisotopic (exact) mass is 303 g/mol. The third-order valence-electron chi connectivity index (χ3n) is 3.02. The molecule has 1 N–H and O–H groups in total. The molecule has 0 aliphatic heterocycles. The molecular formula is C16H18ClN3O. The van der Waals surface area contributed by atoms with Crippen molar-refractivity contribution in [3.8, 4) is 0 Å². The molecule has 0 radical (unpaired) electrons. The second-order valence-electron chi connectivity index (χ2n) is 4.86. The number of aromatic nitrogens is 1. The molecule has 2 aromatic rings. The molecule has 1 aromatic carbocycles. The Bertz CT molecular complexity index is 572. The van der Waals surface area contributed by atoms with Crippen LogP contribution >= 0.6 is 11.6 Å². The van der Waals surface area contributed by atoms with E-state index in [2.05, 4.69) is 10.3 Å². The van der Waals surface area contributed by atoms with Crippen LogP contribution in [0.3, 0.4) is 0 Å². The zero-order chi connectivity index (χ0) is 15.1. The van der Waals surface area contributed by atoms with E-state index in [1.807, 2.05) is 30.1 Å². The number of anilines is 1. The van der Waals surface area contributed by atoms with Gasteiger partial charge in [-0.1, -0.05) is 17.7 Å². The lowest BCUT2D eigenvalue weighted by Gasteiger charge is -2.16. The number of benzene rings is 1. The van der Waals surface area contributed by atoms with Gasteiger partial charge in [0.1, 0.15) is 0 Å². The zero-order valence-electron chi connectivity index (χ0n) is 11.9. The highest BCUT2D eigenvalue weighted by atomic mass is 35.5. The van der Waals surface area contributed by atoms with E-state index in [1.54, 1.807) is 30.5 Å². The third-order valence-corrected chi connectivity index (χ3v) is 3.27. The van der Waals surface area contributed by atoms with Gasteiger partial charge in [0.25, 0.3) is 0 Å². The van der Waals surface area contributed by atoms with Gasteiger partial charge in [0.15, 0.2) is 0 Å². The minimum Gasteiger partial charge on any atom is -0.325 e. The standard InChI is InChI=1S/C16H18ClN3O/c1-20(11-9-14-4-2-3-10-18-14)12-16(21)19-15-7-5-13(17)6-8-15/h2-8,10H,9,11-12H2,1H3,(H,19,21). The highest BCUT2D eigenvalue weighted by Gasteiger charge is 2.07. The highest BCUT2D eigenvalue weighted by molar-refractivity contribution is 6.30. The van der Waals surface area contributed by atoms with Crippen molar-refractivity contribution in [1.82, 2.24) is 9.88 Å². The first-order chi connectivity index (χ1) is 10.1. The number of nitrogens with one attached hydrogen (secondary N) is 1. The summed E-state index contributed by atoms with van der Waals surface area (Å²) in [5.41, 5.74) is 1.78. The summed E-state index contributed by atoms with van der Waals surface area (Å²) in [5.74, 6) is -0.0409. The van der Waals surface area contributed by atoms with E-state index in [1.165, 1.54) is 0 Å². The van der Waals surface area contributed by atoms with Gasteiger partial charge in [-0.3, -0.25) is 14.7 Å². The first-order valence-corrected chi connectivity index (χ1v) is 7.15. The lowest BCUT2D eigenvalue weighted by molar-refractivity contribution is -0.117. The zero-order valence-corrected chi connectivity index (χ0v) is 12.7. The van der Waals surface area contributed by atoms with E-state index >= 15 is 0 Å². The van der Waals surface area contributed by atoms with Crippen molar-refractivity contribution in [3.05, 3.63) is 59.4 Å². The van der Waals surface area contributed by atoms with Crippen LogP contribution in [0.1, 0.15) is 5.69 Å². The molecule has 4 nitrogen and oxygen atoms in total. The summed E-state index contributed by atoms with van der Waals surface area (Å²) < 4.78 is 0. The van der Waals surface area contributed by atoms with Crippen molar-refractivity contribution in [2.45, 2.75) is 6.42 Å². The van der Waals surface area contributed by atoms with Crippen LogP contribution in [0.4, 0.5) is 5.69 Å². The third kappa shape index (κ3) is 5.53. The van der Waals surface area contributed by atoms with E-state index in [0.29, 0.717) is 11.6 Å². The predicted octanol–water partition coefficient (Wildman–Crippen LogP) is 2.85. The topological polar surface area (TPSA) is 45.2 Å². The van der Waals surface area contributed by atoms with Gasteiger partial charge < -0.3 is 5.32 Å². The number of carbonyl (C=O) groups is 1. The van der Waals surface area contributed by atoms with Crippen molar-refractivity contribution < 1.29 is 4.79 Å². The molecule has 0 unspecified atom stereocenters. The fraction of sp³-hybridized carbons (Fsp3) is 0.250. The SMILES string of the molecule is CN(CCc1ccccn1)CC(=O)Nc1ccc(Cl)cc1. The number of rotatable bonds is 6. The lowest BCUT2D eigenvalue weighted by atomic mass is 10.2. The summed E-state index contributed by atoms with van der Waals surface area (Å²) in [6.45, 7) is 1.13. The number of pyridine rings is 1. The number of hydrogen-bond donors (Lipinski definition) is 1. The Morgan fingerprint density at radius 1 is 1.24 bits per heavy atom. The van der Waals surface area contributed by atoms with Crippen LogP contribution in [-0.2, 0) is 11.2 Å². The fourth-order valence-corrected chi connectivity index (χ4v) is 2.04. The van der Waals surface area contributed by atoms with Crippen molar-refractivity contribution in [1.29, 1.82) is 0 Å². The fourth-order valence-electron chi connectivity index (χ4n) is 1.91. The van der Waals surface area contributed by atoms with Crippen molar-refractivity contribution >= 4 is 23.2 Å². The quantitative estimate of drug-likeness (QED) is 0.892. The van der Waals surface area contributed by atoms with E-state index in [0.717, 1.165) is 24.3 Å². The molecule has 1 amide bonds. The average molecular weight is 304 g/mol.